The molecule has 0 bridgehead atoms. The van der Waals surface area contributed by atoms with Crippen molar-refractivity contribution in [2.75, 3.05) is 44.9 Å². The van der Waals surface area contributed by atoms with Gasteiger partial charge < -0.3 is 23.8 Å². The normalized spacial score (nSPS) is 11.8. The van der Waals surface area contributed by atoms with Gasteiger partial charge in [-0.25, -0.2) is 4.79 Å². The molecule has 16 heteroatoms. The molecule has 0 saturated heterocycles. The summed E-state index contributed by atoms with van der Waals surface area (Å²) >= 11 is 3.72. The van der Waals surface area contributed by atoms with E-state index in [1.165, 1.54) is 94.8 Å². The number of nitrogens with one attached hydrogen (secondary N) is 1. The molecule has 1 unspecified atom stereocenters. The molecular formula is C53H95N3O11S2. The third kappa shape index (κ3) is 38.4. The van der Waals surface area contributed by atoms with E-state index in [2.05, 4.69) is 42.4 Å². The van der Waals surface area contributed by atoms with Gasteiger partial charge in [0.25, 0.3) is 0 Å². The van der Waals surface area contributed by atoms with Gasteiger partial charge >= 0.3 is 29.6 Å². The maximum atomic E-state index is 13.1. The lowest BCUT2D eigenvalue weighted by Crippen LogP contribution is -2.34. The van der Waals surface area contributed by atoms with Crippen molar-refractivity contribution in [3.05, 3.63) is 16.4 Å². The summed E-state index contributed by atoms with van der Waals surface area (Å²) in [4.78, 5) is 78.9. The molecule has 0 radical (unpaired) electrons. The number of hydrogen-bond donors (Lipinski definition) is 1. The lowest BCUT2D eigenvalue weighted by atomic mass is 9.91. The van der Waals surface area contributed by atoms with Crippen molar-refractivity contribution in [2.24, 2.45) is 5.92 Å². The van der Waals surface area contributed by atoms with Crippen molar-refractivity contribution in [3.63, 3.8) is 0 Å². The van der Waals surface area contributed by atoms with Crippen molar-refractivity contribution >= 4 is 53.3 Å². The molecule has 0 spiro atoms. The summed E-state index contributed by atoms with van der Waals surface area (Å²) in [5.41, 5.74) is 0. The maximum absolute atomic E-state index is 13.1. The van der Waals surface area contributed by atoms with Crippen LogP contribution in [0, 0.1) is 5.92 Å². The van der Waals surface area contributed by atoms with Crippen LogP contribution in [0.1, 0.15) is 233 Å². The molecule has 1 rings (SSSR count). The Hall–Kier alpha value is -3.01. The number of carbonyl (C=O) groups excluding carboxylic acids is 5. The van der Waals surface area contributed by atoms with Gasteiger partial charge in [0.2, 0.25) is 5.91 Å². The van der Waals surface area contributed by atoms with E-state index in [9.17, 15) is 28.8 Å². The Kier molecular flexibility index (Phi) is 41.6. The zero-order chi connectivity index (χ0) is 50.6. The summed E-state index contributed by atoms with van der Waals surface area (Å²) in [6.45, 7) is 9.48. The van der Waals surface area contributed by atoms with Crippen molar-refractivity contribution in [1.82, 2.24) is 15.0 Å². The highest BCUT2D eigenvalue weighted by molar-refractivity contribution is 8.17. The van der Waals surface area contributed by atoms with Crippen molar-refractivity contribution < 1.29 is 47.4 Å². The van der Waals surface area contributed by atoms with Crippen molar-refractivity contribution in [2.45, 2.75) is 244 Å². The van der Waals surface area contributed by atoms with Crippen LogP contribution in [0.2, 0.25) is 0 Å². The molecule has 0 aliphatic heterocycles. The fourth-order valence-corrected chi connectivity index (χ4v) is 10.6. The molecule has 69 heavy (non-hydrogen) atoms. The second kappa shape index (κ2) is 44.9. The van der Waals surface area contributed by atoms with Gasteiger partial charge in [0.1, 0.15) is 12.6 Å². The van der Waals surface area contributed by atoms with E-state index in [0.29, 0.717) is 63.3 Å². The van der Waals surface area contributed by atoms with E-state index in [4.69, 9.17) is 18.9 Å². The molecule has 400 valence electrons. The van der Waals surface area contributed by atoms with Crippen LogP contribution in [-0.2, 0) is 49.3 Å². The summed E-state index contributed by atoms with van der Waals surface area (Å²) in [5.74, 6) is 0.635. The van der Waals surface area contributed by atoms with Crippen LogP contribution >= 0.6 is 23.5 Å². The minimum atomic E-state index is -0.640. The minimum absolute atomic E-state index is 0.0455. The Morgan fingerprint density at radius 1 is 0.565 bits per heavy atom. The molecule has 1 atom stereocenters. The second-order valence-electron chi connectivity index (χ2n) is 18.6. The molecule has 0 saturated carbocycles. The Morgan fingerprint density at radius 3 is 1.59 bits per heavy atom. The first-order valence-corrected chi connectivity index (χ1v) is 29.3. The van der Waals surface area contributed by atoms with Crippen LogP contribution in [0.25, 0.3) is 0 Å². The van der Waals surface area contributed by atoms with E-state index in [-0.39, 0.29) is 55.2 Å². The lowest BCUT2D eigenvalue weighted by Gasteiger charge is -2.21. The number of amides is 1. The molecule has 0 aliphatic carbocycles. The average Bonchev–Trinajstić information content (AvgIpc) is 3.75. The van der Waals surface area contributed by atoms with Crippen molar-refractivity contribution in [3.8, 4) is 0 Å². The van der Waals surface area contributed by atoms with Gasteiger partial charge in [0.05, 0.1) is 37.2 Å². The molecular weight excluding hydrogens is 919 g/mol. The molecule has 1 heterocycles. The van der Waals surface area contributed by atoms with Gasteiger partial charge in [-0.1, -0.05) is 123 Å². The van der Waals surface area contributed by atoms with Gasteiger partial charge in [0, 0.05) is 26.3 Å². The second-order valence-corrected chi connectivity index (χ2v) is 21.6. The highest BCUT2D eigenvalue weighted by atomic mass is 32.2. The summed E-state index contributed by atoms with van der Waals surface area (Å²) in [6.07, 6.45) is 28.3. The van der Waals surface area contributed by atoms with E-state index in [1.807, 2.05) is 23.5 Å². The maximum Gasteiger partial charge on any atom is 0.438 e. The van der Waals surface area contributed by atoms with Crippen LogP contribution < -0.4 is 5.76 Å². The van der Waals surface area contributed by atoms with Crippen molar-refractivity contribution in [1.29, 1.82) is 0 Å². The fourth-order valence-electron chi connectivity index (χ4n) is 7.89. The van der Waals surface area contributed by atoms with Crippen LogP contribution in [0.3, 0.4) is 0 Å². The number of rotatable bonds is 48. The van der Waals surface area contributed by atoms with E-state index in [1.54, 1.807) is 7.05 Å². The zero-order valence-corrected chi connectivity index (χ0v) is 45.4. The summed E-state index contributed by atoms with van der Waals surface area (Å²) < 4.78 is 27.0. The van der Waals surface area contributed by atoms with Gasteiger partial charge in [-0.05, 0) is 101 Å². The topological polar surface area (TPSA) is 184 Å². The Bertz CT molecular complexity index is 1480. The van der Waals surface area contributed by atoms with Gasteiger partial charge in [-0.2, -0.15) is 0 Å². The largest absolute Gasteiger partial charge is 0.466 e. The van der Waals surface area contributed by atoms with Crippen LogP contribution in [0.4, 0.5) is 0 Å². The van der Waals surface area contributed by atoms with Crippen LogP contribution in [-0.4, -0.2) is 100 Å². The Balaban J connectivity index is 2.58. The van der Waals surface area contributed by atoms with E-state index >= 15 is 0 Å². The molecule has 1 aromatic rings. The average molecular weight is 1010 g/mol. The lowest BCUT2D eigenvalue weighted by molar-refractivity contribution is -0.154. The molecule has 1 aromatic heterocycles. The number of unbranched alkanes of at least 4 members (excludes halogenated alkanes) is 16. The van der Waals surface area contributed by atoms with Gasteiger partial charge in [-0.3, -0.25) is 33.5 Å². The summed E-state index contributed by atoms with van der Waals surface area (Å²) in [7, 11) is 1.66. The van der Waals surface area contributed by atoms with E-state index in [0.717, 1.165) is 69.3 Å². The Morgan fingerprint density at radius 2 is 1.04 bits per heavy atom. The number of aromatic amines is 1. The number of H-pyrrole nitrogens is 1. The van der Waals surface area contributed by atoms with E-state index < -0.39 is 23.7 Å². The molecule has 0 aliphatic rings. The molecule has 1 amide bonds. The fraction of sp³-hybridized carbons (Fsp3) is 0.868. The quantitative estimate of drug-likeness (QED) is 0.0281. The van der Waals surface area contributed by atoms with Crippen LogP contribution in [0.15, 0.2) is 9.32 Å². The summed E-state index contributed by atoms with van der Waals surface area (Å²) in [6, 6.07) is 0. The smallest absolute Gasteiger partial charge is 0.438 e. The molecule has 14 nitrogen and oxygen atoms in total. The Labute approximate surface area is 425 Å². The van der Waals surface area contributed by atoms with Gasteiger partial charge in [0.15, 0.2) is 5.82 Å². The third-order valence-corrected chi connectivity index (χ3v) is 15.1. The first-order chi connectivity index (χ1) is 33.5. The number of aromatic nitrogens is 2. The summed E-state index contributed by atoms with van der Waals surface area (Å²) in [5, 5.41) is 3.59. The predicted octanol–water partition coefficient (Wildman–Crippen LogP) is 12.5. The SMILES string of the molecule is CCCCCCCC(CCCCCCC)CC(=O)OCCCCCC(CCCCCOC(=O)CN(C)C(=O)CC(SCCCCC)SCCCCC)OC(=O)CCC(=O)OCCCc1noc(=O)[nH]1. The number of aryl methyl sites for hydroxylation is 1. The molecule has 1 N–H and O–H groups in total. The standard InChI is InChI=1S/C53H95N3O11S2/c1-6-10-14-16-20-29-44(30-21-17-15-11-7-2)41-50(60)64-36-24-18-22-31-45(66-49(59)35-34-48(58)63-38-28-33-46-54-53(62)67-55-46)32-23-19-25-37-65-51(61)43-56(5)47(57)42-52(68-39-26-12-8-3)69-40-27-13-9-4/h44-45,52H,6-43H2,1-5H3,(H,54,55,62). The monoisotopic (exact) mass is 1010 g/mol. The molecule has 0 aromatic carbocycles. The van der Waals surface area contributed by atoms with Gasteiger partial charge in [-0.15, -0.1) is 23.5 Å². The number of carbonyl (C=O) groups is 5. The highest BCUT2D eigenvalue weighted by Crippen LogP contribution is 2.30. The zero-order valence-electron chi connectivity index (χ0n) is 43.8. The third-order valence-electron chi connectivity index (χ3n) is 12.1. The first kappa shape index (κ1) is 64.0. The highest BCUT2D eigenvalue weighted by Gasteiger charge is 2.21. The number of likely N-dealkylation sites (N-methyl/N-ethyl adjacent to an activating group) is 1. The number of ether oxygens (including phenoxy) is 4. The predicted molar refractivity (Wildman–Crippen MR) is 279 cm³/mol. The number of thioether (sulfide) groups is 2. The number of hydrogen-bond acceptors (Lipinski definition) is 14. The minimum Gasteiger partial charge on any atom is -0.466 e. The number of nitrogens with zero attached hydrogens (tertiary/aromatic N) is 2. The number of esters is 4. The molecule has 0 fully saturated rings. The first-order valence-electron chi connectivity index (χ1n) is 27.2. The van der Waals surface area contributed by atoms with Crippen LogP contribution in [0.5, 0.6) is 0 Å².